The number of carbonyl (C=O) groups is 4. The van der Waals surface area contributed by atoms with E-state index >= 15 is 0 Å². The molecular weight excluding hydrogens is 712 g/mol. The third-order valence-corrected chi connectivity index (χ3v) is 8.20. The van der Waals surface area contributed by atoms with Crippen LogP contribution in [0.1, 0.15) is 48.4 Å². The quantitative estimate of drug-likeness (QED) is 0.0650. The molecule has 4 aromatic rings. The minimum atomic E-state index is -1.52. The maximum Gasteiger partial charge on any atom is 0.338 e. The summed E-state index contributed by atoms with van der Waals surface area (Å²) >= 11 is 0. The molecule has 1 aliphatic rings. The first-order chi connectivity index (χ1) is 26.9. The number of hydrogen-bond acceptors (Lipinski definition) is 13. The zero-order valence-electron chi connectivity index (χ0n) is 30.4. The predicted molar refractivity (Wildman–Crippen MR) is 196 cm³/mol. The largest absolute Gasteiger partial charge is 0.459 e. The Kier molecular flexibility index (Phi) is 16.3. The van der Waals surface area contributed by atoms with Gasteiger partial charge in [-0.2, -0.15) is 0 Å². The van der Waals surface area contributed by atoms with E-state index in [1.165, 1.54) is 0 Å². The molecule has 4 aromatic carbocycles. The van der Waals surface area contributed by atoms with Gasteiger partial charge in [0.15, 0.2) is 24.6 Å². The Balaban J connectivity index is 1.44. The van der Waals surface area contributed by atoms with Gasteiger partial charge in [0.05, 0.1) is 61.9 Å². The van der Waals surface area contributed by atoms with Gasteiger partial charge in [0.2, 0.25) is 0 Å². The Morgan fingerprint density at radius 2 is 0.855 bits per heavy atom. The third-order valence-electron chi connectivity index (χ3n) is 8.20. The van der Waals surface area contributed by atoms with E-state index in [2.05, 4.69) is 0 Å². The smallest absolute Gasteiger partial charge is 0.338 e. The normalized spacial score (nSPS) is 19.2. The van der Waals surface area contributed by atoms with E-state index in [0.717, 1.165) is 0 Å². The highest BCUT2D eigenvalue weighted by molar-refractivity contribution is 5.91. The van der Waals surface area contributed by atoms with Gasteiger partial charge >= 0.3 is 23.9 Å². The summed E-state index contributed by atoms with van der Waals surface area (Å²) in [7, 11) is 0. The van der Waals surface area contributed by atoms with Gasteiger partial charge in [0, 0.05) is 6.61 Å². The molecule has 5 atom stereocenters. The SMILES string of the molecule is CCOCCOCCOCCO[C@@H]1O[C@H](COC(=O)c2ccccc2)[C@H](OC(=O)c2ccccc2)[C@H](OC(=O)c2ccccc2)[C@H]1OC(=O)c1ccccc1. The molecule has 0 amide bonds. The number of ether oxygens (including phenoxy) is 9. The summed E-state index contributed by atoms with van der Waals surface area (Å²) < 4.78 is 52.6. The van der Waals surface area contributed by atoms with Crippen molar-refractivity contribution in [3.8, 4) is 0 Å². The van der Waals surface area contributed by atoms with E-state index in [1.807, 2.05) is 6.92 Å². The summed E-state index contributed by atoms with van der Waals surface area (Å²) in [6, 6.07) is 32.7. The first-order valence-electron chi connectivity index (χ1n) is 17.9. The number of hydrogen-bond donors (Lipinski definition) is 0. The Bertz CT molecular complexity index is 1760. The van der Waals surface area contributed by atoms with Crippen LogP contribution in [-0.2, 0) is 42.6 Å². The molecule has 0 aliphatic carbocycles. The summed E-state index contributed by atoms with van der Waals surface area (Å²) in [6.45, 7) is 3.55. The second-order valence-electron chi connectivity index (χ2n) is 12.0. The average molecular weight is 757 g/mol. The molecule has 5 rings (SSSR count). The highest BCUT2D eigenvalue weighted by Gasteiger charge is 2.53. The highest BCUT2D eigenvalue weighted by Crippen LogP contribution is 2.32. The lowest BCUT2D eigenvalue weighted by Gasteiger charge is -2.44. The van der Waals surface area contributed by atoms with Gasteiger partial charge in [0.1, 0.15) is 12.7 Å². The van der Waals surface area contributed by atoms with Crippen LogP contribution in [0.4, 0.5) is 0 Å². The Hall–Kier alpha value is -5.44. The van der Waals surface area contributed by atoms with Gasteiger partial charge < -0.3 is 42.6 Å². The molecule has 55 heavy (non-hydrogen) atoms. The molecule has 13 heteroatoms. The summed E-state index contributed by atoms with van der Waals surface area (Å²) in [5.41, 5.74) is 0.825. The van der Waals surface area contributed by atoms with Crippen molar-refractivity contribution in [2.45, 2.75) is 37.6 Å². The third kappa shape index (κ3) is 12.6. The van der Waals surface area contributed by atoms with Crippen LogP contribution < -0.4 is 0 Å². The lowest BCUT2D eigenvalue weighted by molar-refractivity contribution is -0.300. The van der Waals surface area contributed by atoms with Gasteiger partial charge in [-0.3, -0.25) is 0 Å². The van der Waals surface area contributed by atoms with Crippen molar-refractivity contribution >= 4 is 23.9 Å². The van der Waals surface area contributed by atoms with Crippen molar-refractivity contribution in [2.24, 2.45) is 0 Å². The van der Waals surface area contributed by atoms with E-state index in [9.17, 15) is 19.2 Å². The summed E-state index contributed by atoms with van der Waals surface area (Å²) in [5, 5.41) is 0. The molecule has 1 saturated heterocycles. The predicted octanol–water partition coefficient (Wildman–Crippen LogP) is 5.33. The van der Waals surface area contributed by atoms with Crippen molar-refractivity contribution in [2.75, 3.05) is 52.9 Å². The Morgan fingerprint density at radius 1 is 0.473 bits per heavy atom. The number of esters is 4. The van der Waals surface area contributed by atoms with Gasteiger partial charge in [-0.25, -0.2) is 19.2 Å². The second kappa shape index (κ2) is 22.1. The number of rotatable bonds is 20. The van der Waals surface area contributed by atoms with E-state index in [1.54, 1.807) is 121 Å². The van der Waals surface area contributed by atoms with Crippen LogP contribution in [0.15, 0.2) is 121 Å². The highest BCUT2D eigenvalue weighted by atomic mass is 16.7. The van der Waals surface area contributed by atoms with E-state index in [0.29, 0.717) is 26.4 Å². The van der Waals surface area contributed by atoms with Crippen molar-refractivity contribution in [1.82, 2.24) is 0 Å². The Labute approximate surface area is 319 Å². The number of carbonyl (C=O) groups excluding carboxylic acids is 4. The van der Waals surface area contributed by atoms with Crippen LogP contribution >= 0.6 is 0 Å². The van der Waals surface area contributed by atoms with Crippen LogP contribution in [0.3, 0.4) is 0 Å². The minimum absolute atomic E-state index is 0.0622. The van der Waals surface area contributed by atoms with Gasteiger partial charge in [-0.15, -0.1) is 0 Å². The van der Waals surface area contributed by atoms with Gasteiger partial charge in [-0.05, 0) is 55.5 Å². The Morgan fingerprint density at radius 3 is 1.31 bits per heavy atom. The first-order valence-corrected chi connectivity index (χ1v) is 17.9. The zero-order chi connectivity index (χ0) is 38.7. The molecular formula is C42H44O13. The fraction of sp³-hybridized carbons (Fsp3) is 0.333. The number of benzene rings is 4. The zero-order valence-corrected chi connectivity index (χ0v) is 30.4. The van der Waals surface area contributed by atoms with Gasteiger partial charge in [0.25, 0.3) is 0 Å². The van der Waals surface area contributed by atoms with E-state index in [4.69, 9.17) is 42.6 Å². The molecule has 0 aromatic heterocycles. The molecule has 1 heterocycles. The van der Waals surface area contributed by atoms with Crippen LogP contribution in [0.5, 0.6) is 0 Å². The van der Waals surface area contributed by atoms with Crippen molar-refractivity contribution in [1.29, 1.82) is 0 Å². The molecule has 0 spiro atoms. The molecule has 1 aliphatic heterocycles. The average Bonchev–Trinajstić information content (AvgIpc) is 3.23. The molecule has 0 unspecified atom stereocenters. The molecule has 0 saturated carbocycles. The monoisotopic (exact) mass is 756 g/mol. The van der Waals surface area contributed by atoms with Crippen molar-refractivity contribution in [3.63, 3.8) is 0 Å². The second-order valence-corrected chi connectivity index (χ2v) is 12.0. The van der Waals surface area contributed by atoms with E-state index in [-0.39, 0.29) is 42.1 Å². The molecule has 13 nitrogen and oxygen atoms in total. The standard InChI is InChI=1S/C42H44O13/c1-2-47-23-24-48-25-26-49-27-28-50-42-37(55-41(46)33-21-13-6-14-22-33)36(54-40(45)32-19-11-5-12-20-32)35(53-39(44)31-17-9-4-10-18-31)34(52-42)29-51-38(43)30-15-7-3-8-16-30/h3-22,34-37,42H,2,23-29H2,1H3/t34-,35+,36+,37-,42-/m1/s1. The topological polar surface area (TPSA) is 151 Å². The molecule has 1 fully saturated rings. The van der Waals surface area contributed by atoms with Crippen molar-refractivity contribution in [3.05, 3.63) is 144 Å². The fourth-order valence-electron chi connectivity index (χ4n) is 5.47. The van der Waals surface area contributed by atoms with E-state index < -0.39 is 61.2 Å². The molecule has 0 radical (unpaired) electrons. The van der Waals surface area contributed by atoms with Crippen LogP contribution in [0, 0.1) is 0 Å². The lowest BCUT2D eigenvalue weighted by atomic mass is 9.97. The summed E-state index contributed by atoms with van der Waals surface area (Å²) in [6.07, 6.45) is -7.17. The van der Waals surface area contributed by atoms with Crippen LogP contribution in [-0.4, -0.2) is 107 Å². The molecule has 0 bridgehead atoms. The van der Waals surface area contributed by atoms with Crippen molar-refractivity contribution < 1.29 is 61.8 Å². The maximum absolute atomic E-state index is 13.7. The summed E-state index contributed by atoms with van der Waals surface area (Å²) in [4.78, 5) is 54.0. The lowest BCUT2D eigenvalue weighted by Crippen LogP contribution is -2.63. The maximum atomic E-state index is 13.7. The van der Waals surface area contributed by atoms with Crippen LogP contribution in [0.2, 0.25) is 0 Å². The fourth-order valence-corrected chi connectivity index (χ4v) is 5.47. The first kappa shape index (κ1) is 40.7. The molecule has 0 N–H and O–H groups in total. The summed E-state index contributed by atoms with van der Waals surface area (Å²) in [5.74, 6) is -3.06. The minimum Gasteiger partial charge on any atom is -0.459 e. The van der Waals surface area contributed by atoms with Crippen LogP contribution in [0.25, 0.3) is 0 Å². The molecule has 290 valence electrons. The van der Waals surface area contributed by atoms with Gasteiger partial charge in [-0.1, -0.05) is 72.8 Å².